The van der Waals surface area contributed by atoms with Gasteiger partial charge in [-0.2, -0.15) is 0 Å². The van der Waals surface area contributed by atoms with Crippen LogP contribution in [0.5, 0.6) is 0 Å². The van der Waals surface area contributed by atoms with Gasteiger partial charge in [-0.3, -0.25) is 4.79 Å². The number of carbonyl (C=O) groups excluding carboxylic acids is 1. The van der Waals surface area contributed by atoms with E-state index in [-0.39, 0.29) is 38.4 Å². The Hall–Kier alpha value is -2.18. The summed E-state index contributed by atoms with van der Waals surface area (Å²) < 4.78 is 27.1. The third kappa shape index (κ3) is 5.69. The number of alkyl halides is 2. The molecule has 2 unspecified atom stereocenters. The Morgan fingerprint density at radius 1 is 1.36 bits per heavy atom. The molecule has 0 aromatic heterocycles. The van der Waals surface area contributed by atoms with Gasteiger partial charge >= 0.3 is 12.0 Å². The average molecular weight is 354 g/mol. The summed E-state index contributed by atoms with van der Waals surface area (Å²) >= 11 is 0. The topological polar surface area (TPSA) is 69.6 Å². The number of carboxylic acid groups (broad SMARTS) is 1. The van der Waals surface area contributed by atoms with Crippen molar-refractivity contribution in [3.8, 4) is 0 Å². The molecule has 7 heteroatoms. The number of nitrogens with zero attached hydrogens (tertiary/aromatic N) is 1. The Labute approximate surface area is 146 Å². The van der Waals surface area contributed by atoms with Gasteiger partial charge in [-0.25, -0.2) is 13.6 Å². The number of aliphatic carboxylic acids is 1. The first kappa shape index (κ1) is 19.1. The summed E-state index contributed by atoms with van der Waals surface area (Å²) in [5.41, 5.74) is 0.983. The van der Waals surface area contributed by atoms with Crippen LogP contribution in [0.4, 0.5) is 13.6 Å². The molecule has 2 atom stereocenters. The Balaban J connectivity index is 1.97. The maximum Gasteiger partial charge on any atom is 0.317 e. The third-order valence-electron chi connectivity index (χ3n) is 4.58. The smallest absolute Gasteiger partial charge is 0.317 e. The molecule has 1 aliphatic rings. The first-order valence-electron chi connectivity index (χ1n) is 8.47. The van der Waals surface area contributed by atoms with E-state index in [9.17, 15) is 18.4 Å². The van der Waals surface area contributed by atoms with Crippen molar-refractivity contribution in [3.63, 3.8) is 0 Å². The molecule has 2 N–H and O–H groups in total. The average Bonchev–Trinajstić information content (AvgIpc) is 2.56. The van der Waals surface area contributed by atoms with Crippen molar-refractivity contribution in [1.82, 2.24) is 10.2 Å². The number of halogens is 2. The Morgan fingerprint density at radius 3 is 2.64 bits per heavy atom. The fourth-order valence-corrected chi connectivity index (χ4v) is 2.96. The number of hydrogen-bond donors (Lipinski definition) is 2. The Morgan fingerprint density at radius 2 is 2.04 bits per heavy atom. The molecule has 5 nitrogen and oxygen atoms in total. The molecule has 0 radical (unpaired) electrons. The van der Waals surface area contributed by atoms with Crippen LogP contribution in [0.25, 0.3) is 0 Å². The maximum absolute atomic E-state index is 13.6. The largest absolute Gasteiger partial charge is 0.481 e. The highest BCUT2D eigenvalue weighted by atomic mass is 19.3. The van der Waals surface area contributed by atoms with E-state index >= 15 is 0 Å². The predicted molar refractivity (Wildman–Crippen MR) is 89.6 cm³/mol. The van der Waals surface area contributed by atoms with E-state index in [1.807, 2.05) is 30.3 Å². The van der Waals surface area contributed by atoms with E-state index in [4.69, 9.17) is 5.11 Å². The summed E-state index contributed by atoms with van der Waals surface area (Å²) in [6.07, 6.45) is 0.376. The maximum atomic E-state index is 13.6. The highest BCUT2D eigenvalue weighted by Gasteiger charge is 2.42. The highest BCUT2D eigenvalue weighted by molar-refractivity contribution is 5.75. The van der Waals surface area contributed by atoms with E-state index in [1.165, 1.54) is 11.8 Å². The van der Waals surface area contributed by atoms with Gasteiger partial charge in [-0.15, -0.1) is 0 Å². The molecule has 1 aromatic rings. The van der Waals surface area contributed by atoms with Gasteiger partial charge in [0.1, 0.15) is 0 Å². The second kappa shape index (κ2) is 8.27. The lowest BCUT2D eigenvalue weighted by atomic mass is 9.95. The lowest BCUT2D eigenvalue weighted by Gasteiger charge is -2.37. The number of piperidine rings is 1. The molecule has 1 heterocycles. The number of nitrogens with one attached hydrogen (secondary N) is 1. The van der Waals surface area contributed by atoms with E-state index in [0.717, 1.165) is 5.56 Å². The van der Waals surface area contributed by atoms with E-state index in [1.54, 1.807) is 0 Å². The van der Waals surface area contributed by atoms with Crippen molar-refractivity contribution < 1.29 is 23.5 Å². The van der Waals surface area contributed by atoms with Crippen LogP contribution in [-0.2, 0) is 11.2 Å². The zero-order valence-corrected chi connectivity index (χ0v) is 14.3. The fraction of sp³-hybridized carbons (Fsp3) is 0.556. The molecule has 1 fully saturated rings. The quantitative estimate of drug-likeness (QED) is 0.824. The summed E-state index contributed by atoms with van der Waals surface area (Å²) in [4.78, 5) is 24.7. The van der Waals surface area contributed by atoms with Gasteiger partial charge in [0.25, 0.3) is 5.92 Å². The van der Waals surface area contributed by atoms with Crippen molar-refractivity contribution in [2.45, 2.75) is 44.6 Å². The molecule has 0 spiro atoms. The third-order valence-corrected chi connectivity index (χ3v) is 4.58. The molecule has 25 heavy (non-hydrogen) atoms. The van der Waals surface area contributed by atoms with Crippen LogP contribution < -0.4 is 5.32 Å². The molecule has 2 amide bonds. The lowest BCUT2D eigenvalue weighted by Crippen LogP contribution is -2.53. The van der Waals surface area contributed by atoms with E-state index < -0.39 is 23.8 Å². The number of urea groups is 1. The van der Waals surface area contributed by atoms with Crippen molar-refractivity contribution >= 4 is 12.0 Å². The standard InChI is InChI=1S/C18H24F2N2O3/c1-13-12-22(10-9-18(13,19)20)17(25)21-15(7-8-16(23)24)11-14-5-3-2-4-6-14/h2-6,13,15H,7-12H2,1H3,(H,21,25)(H,23,24). The van der Waals surface area contributed by atoms with Crippen LogP contribution in [0.15, 0.2) is 30.3 Å². The zero-order chi connectivity index (χ0) is 18.4. The van der Waals surface area contributed by atoms with E-state index in [2.05, 4.69) is 5.32 Å². The molecule has 1 aliphatic heterocycles. The number of rotatable bonds is 6. The lowest BCUT2D eigenvalue weighted by molar-refractivity contribution is -0.137. The minimum absolute atomic E-state index is 0.000160. The summed E-state index contributed by atoms with van der Waals surface area (Å²) in [5, 5.41) is 11.7. The first-order chi connectivity index (χ1) is 11.8. The number of hydrogen-bond acceptors (Lipinski definition) is 2. The molecular formula is C18H24F2N2O3. The fourth-order valence-electron chi connectivity index (χ4n) is 2.96. The summed E-state index contributed by atoms with van der Waals surface area (Å²) in [6, 6.07) is 8.67. The van der Waals surface area contributed by atoms with Crippen LogP contribution in [0.3, 0.4) is 0 Å². The van der Waals surface area contributed by atoms with Gasteiger partial charge in [0.2, 0.25) is 0 Å². The SMILES string of the molecule is CC1CN(C(=O)NC(CCC(=O)O)Cc2ccccc2)CCC1(F)F. The van der Waals surface area contributed by atoms with E-state index in [0.29, 0.717) is 6.42 Å². The molecule has 138 valence electrons. The second-order valence-corrected chi connectivity index (χ2v) is 6.63. The monoisotopic (exact) mass is 354 g/mol. The number of amides is 2. The number of benzene rings is 1. The van der Waals surface area contributed by atoms with Crippen molar-refractivity contribution in [1.29, 1.82) is 0 Å². The number of carboxylic acids is 1. The molecule has 1 saturated heterocycles. The van der Waals surface area contributed by atoms with Crippen LogP contribution in [0.1, 0.15) is 31.7 Å². The van der Waals surface area contributed by atoms with Crippen LogP contribution in [0.2, 0.25) is 0 Å². The molecular weight excluding hydrogens is 330 g/mol. The van der Waals surface area contributed by atoms with Gasteiger partial charge in [-0.05, 0) is 18.4 Å². The predicted octanol–water partition coefficient (Wildman–Crippen LogP) is 3.15. The molecule has 2 rings (SSSR count). The van der Waals surface area contributed by atoms with Gasteiger partial charge in [0.15, 0.2) is 0 Å². The van der Waals surface area contributed by atoms with Crippen LogP contribution in [-0.4, -0.2) is 47.1 Å². The van der Waals surface area contributed by atoms with Gasteiger partial charge < -0.3 is 15.3 Å². The highest BCUT2D eigenvalue weighted by Crippen LogP contribution is 2.32. The van der Waals surface area contributed by atoms with Crippen molar-refractivity contribution in [2.75, 3.05) is 13.1 Å². The molecule has 0 saturated carbocycles. The summed E-state index contributed by atoms with van der Waals surface area (Å²) in [7, 11) is 0. The van der Waals surface area contributed by atoms with Crippen LogP contribution in [0, 0.1) is 5.92 Å². The van der Waals surface area contributed by atoms with Crippen molar-refractivity contribution in [2.24, 2.45) is 5.92 Å². The summed E-state index contributed by atoms with van der Waals surface area (Å²) in [5.74, 6) is -4.57. The van der Waals surface area contributed by atoms with Crippen LogP contribution >= 0.6 is 0 Å². The van der Waals surface area contributed by atoms with Gasteiger partial charge in [0.05, 0.1) is 0 Å². The molecule has 0 aliphatic carbocycles. The van der Waals surface area contributed by atoms with Gasteiger partial charge in [-0.1, -0.05) is 37.3 Å². The minimum Gasteiger partial charge on any atom is -0.481 e. The van der Waals surface area contributed by atoms with Crippen molar-refractivity contribution in [3.05, 3.63) is 35.9 Å². The molecule has 0 bridgehead atoms. The zero-order valence-electron chi connectivity index (χ0n) is 14.3. The Kier molecular flexibility index (Phi) is 6.33. The minimum atomic E-state index is -2.75. The molecule has 1 aromatic carbocycles. The summed E-state index contributed by atoms with van der Waals surface area (Å²) in [6.45, 7) is 1.43. The number of likely N-dealkylation sites (tertiary alicyclic amines) is 1. The second-order valence-electron chi connectivity index (χ2n) is 6.63. The first-order valence-corrected chi connectivity index (χ1v) is 8.47. The normalized spacial score (nSPS) is 20.8. The van der Waals surface area contributed by atoms with Gasteiger partial charge in [0, 0.05) is 37.9 Å². The Bertz CT molecular complexity index is 595. The number of carbonyl (C=O) groups is 2.